The molecule has 4 heteroatoms. The first-order chi connectivity index (χ1) is 8.27. The number of nitrogens with two attached hydrogens (primary N) is 1. The molecular formula is C13H16N2O2. The van der Waals surface area contributed by atoms with E-state index in [1.54, 1.807) is 7.11 Å². The Balaban J connectivity index is 2.42. The Kier molecular flexibility index (Phi) is 3.44. The minimum Gasteiger partial charge on any atom is -0.494 e. The van der Waals surface area contributed by atoms with E-state index in [0.717, 1.165) is 10.9 Å². The molecule has 3 N–H and O–H groups in total. The maximum atomic E-state index is 12.0. The molecule has 17 heavy (non-hydrogen) atoms. The lowest BCUT2D eigenvalue weighted by molar-refractivity contribution is 0.0978. The van der Waals surface area contributed by atoms with Gasteiger partial charge < -0.3 is 15.5 Å². The smallest absolute Gasteiger partial charge is 0.166 e. The molecule has 1 aromatic heterocycles. The van der Waals surface area contributed by atoms with Crippen molar-refractivity contribution in [3.63, 3.8) is 0 Å². The monoisotopic (exact) mass is 232 g/mol. The maximum Gasteiger partial charge on any atom is 0.166 e. The zero-order valence-corrected chi connectivity index (χ0v) is 9.82. The van der Waals surface area contributed by atoms with E-state index in [1.165, 1.54) is 0 Å². The summed E-state index contributed by atoms with van der Waals surface area (Å²) in [6, 6.07) is 5.68. The SMILES string of the molecule is COc1c(C(=O)CCCN)ccc2cc[nH]c12. The number of hydrogen-bond acceptors (Lipinski definition) is 3. The quantitative estimate of drug-likeness (QED) is 0.776. The van der Waals surface area contributed by atoms with Crippen molar-refractivity contribution in [2.75, 3.05) is 13.7 Å². The van der Waals surface area contributed by atoms with Gasteiger partial charge in [-0.25, -0.2) is 0 Å². The van der Waals surface area contributed by atoms with E-state index in [2.05, 4.69) is 4.98 Å². The van der Waals surface area contributed by atoms with Crippen LogP contribution in [0.2, 0.25) is 0 Å². The van der Waals surface area contributed by atoms with E-state index in [4.69, 9.17) is 10.5 Å². The van der Waals surface area contributed by atoms with Crippen molar-refractivity contribution in [1.29, 1.82) is 0 Å². The fourth-order valence-electron chi connectivity index (χ4n) is 1.93. The van der Waals surface area contributed by atoms with Gasteiger partial charge in [0.05, 0.1) is 18.2 Å². The van der Waals surface area contributed by atoms with Gasteiger partial charge in [0.2, 0.25) is 0 Å². The molecule has 90 valence electrons. The molecule has 2 aromatic rings. The number of ketones is 1. The molecule has 0 saturated carbocycles. The summed E-state index contributed by atoms with van der Waals surface area (Å²) in [5.41, 5.74) is 6.90. The Hall–Kier alpha value is -1.81. The minimum atomic E-state index is 0.0730. The van der Waals surface area contributed by atoms with Gasteiger partial charge >= 0.3 is 0 Å². The van der Waals surface area contributed by atoms with Crippen molar-refractivity contribution < 1.29 is 9.53 Å². The summed E-state index contributed by atoms with van der Waals surface area (Å²) in [7, 11) is 1.58. The summed E-state index contributed by atoms with van der Waals surface area (Å²) < 4.78 is 5.33. The third kappa shape index (κ3) is 2.17. The van der Waals surface area contributed by atoms with Gasteiger partial charge in [-0.1, -0.05) is 6.07 Å². The van der Waals surface area contributed by atoms with Crippen LogP contribution in [0.3, 0.4) is 0 Å². The lowest BCUT2D eigenvalue weighted by Crippen LogP contribution is -2.06. The van der Waals surface area contributed by atoms with Crippen LogP contribution < -0.4 is 10.5 Å². The van der Waals surface area contributed by atoms with E-state index in [-0.39, 0.29) is 5.78 Å². The molecule has 0 saturated heterocycles. The summed E-state index contributed by atoms with van der Waals surface area (Å²) in [4.78, 5) is 15.1. The molecule has 0 atom stereocenters. The number of aromatic amines is 1. The number of H-pyrrole nitrogens is 1. The average molecular weight is 232 g/mol. The fraction of sp³-hybridized carbons (Fsp3) is 0.308. The van der Waals surface area contributed by atoms with Gasteiger partial charge in [0.25, 0.3) is 0 Å². The van der Waals surface area contributed by atoms with Crippen molar-refractivity contribution in [3.05, 3.63) is 30.0 Å². The second kappa shape index (κ2) is 5.01. The fourth-order valence-corrected chi connectivity index (χ4v) is 1.93. The Morgan fingerprint density at radius 1 is 1.41 bits per heavy atom. The number of benzene rings is 1. The Morgan fingerprint density at radius 2 is 2.24 bits per heavy atom. The van der Waals surface area contributed by atoms with E-state index >= 15 is 0 Å². The number of Topliss-reactive ketones (excluding diaryl/α,β-unsaturated/α-hetero) is 1. The summed E-state index contributed by atoms with van der Waals surface area (Å²) in [5.74, 6) is 0.693. The highest BCUT2D eigenvalue weighted by Crippen LogP contribution is 2.29. The number of carbonyl (C=O) groups excluding carboxylic acids is 1. The largest absolute Gasteiger partial charge is 0.494 e. The normalized spacial score (nSPS) is 10.7. The molecule has 0 bridgehead atoms. The molecule has 4 nitrogen and oxygen atoms in total. The van der Waals surface area contributed by atoms with Gasteiger partial charge in [-0.15, -0.1) is 0 Å². The Bertz CT molecular complexity index is 531. The first-order valence-corrected chi connectivity index (χ1v) is 5.65. The number of ether oxygens (including phenoxy) is 1. The highest BCUT2D eigenvalue weighted by Gasteiger charge is 2.15. The third-order valence-corrected chi connectivity index (χ3v) is 2.79. The average Bonchev–Trinajstić information content (AvgIpc) is 2.82. The minimum absolute atomic E-state index is 0.0730. The molecule has 1 aromatic carbocycles. The molecule has 1 heterocycles. The Morgan fingerprint density at radius 3 is 2.94 bits per heavy atom. The van der Waals surface area contributed by atoms with Gasteiger partial charge in [0.15, 0.2) is 11.5 Å². The summed E-state index contributed by atoms with van der Waals surface area (Å²) in [6.07, 6.45) is 2.99. The van der Waals surface area contributed by atoms with Crippen molar-refractivity contribution in [2.24, 2.45) is 5.73 Å². The number of fused-ring (bicyclic) bond motifs is 1. The number of hydrogen-bond donors (Lipinski definition) is 2. The van der Waals surface area contributed by atoms with Crippen molar-refractivity contribution in [2.45, 2.75) is 12.8 Å². The van der Waals surface area contributed by atoms with Crippen LogP contribution in [-0.2, 0) is 0 Å². The summed E-state index contributed by atoms with van der Waals surface area (Å²) in [5, 5.41) is 1.04. The molecule has 0 spiro atoms. The van der Waals surface area contributed by atoms with Gasteiger partial charge in [-0.05, 0) is 25.1 Å². The number of aromatic nitrogens is 1. The first kappa shape index (κ1) is 11.7. The molecule has 0 aliphatic rings. The van der Waals surface area contributed by atoms with Crippen molar-refractivity contribution >= 4 is 16.7 Å². The molecule has 0 unspecified atom stereocenters. The van der Waals surface area contributed by atoms with Crippen LogP contribution in [-0.4, -0.2) is 24.4 Å². The number of nitrogens with one attached hydrogen (secondary N) is 1. The lowest BCUT2D eigenvalue weighted by Gasteiger charge is -2.08. The van der Waals surface area contributed by atoms with Crippen LogP contribution in [0.5, 0.6) is 5.75 Å². The number of carbonyl (C=O) groups is 1. The molecule has 0 fully saturated rings. The predicted molar refractivity (Wildman–Crippen MR) is 67.5 cm³/mol. The summed E-state index contributed by atoms with van der Waals surface area (Å²) in [6.45, 7) is 0.527. The molecule has 0 radical (unpaired) electrons. The van der Waals surface area contributed by atoms with Gasteiger partial charge in [-0.2, -0.15) is 0 Å². The van der Waals surface area contributed by atoms with E-state index < -0.39 is 0 Å². The number of rotatable bonds is 5. The third-order valence-electron chi connectivity index (χ3n) is 2.79. The van der Waals surface area contributed by atoms with E-state index in [0.29, 0.717) is 30.7 Å². The van der Waals surface area contributed by atoms with Crippen LogP contribution in [0, 0.1) is 0 Å². The van der Waals surface area contributed by atoms with Crippen LogP contribution in [0.1, 0.15) is 23.2 Å². The molecular weight excluding hydrogens is 216 g/mol. The van der Waals surface area contributed by atoms with Crippen LogP contribution in [0.4, 0.5) is 0 Å². The van der Waals surface area contributed by atoms with Crippen molar-refractivity contribution in [1.82, 2.24) is 4.98 Å². The maximum absolute atomic E-state index is 12.0. The standard InChI is InChI=1S/C13H16N2O2/c1-17-13-10(11(16)3-2-7-14)5-4-9-6-8-15-12(9)13/h4-6,8,15H,2-3,7,14H2,1H3. The summed E-state index contributed by atoms with van der Waals surface area (Å²) >= 11 is 0. The zero-order chi connectivity index (χ0) is 12.3. The van der Waals surface area contributed by atoms with Gasteiger partial charge in [0.1, 0.15) is 0 Å². The predicted octanol–water partition coefficient (Wildman–Crippen LogP) is 2.10. The second-order valence-electron chi connectivity index (χ2n) is 3.90. The van der Waals surface area contributed by atoms with E-state index in [9.17, 15) is 4.79 Å². The molecule has 0 amide bonds. The van der Waals surface area contributed by atoms with Crippen LogP contribution in [0.15, 0.2) is 24.4 Å². The second-order valence-corrected chi connectivity index (χ2v) is 3.90. The first-order valence-electron chi connectivity index (χ1n) is 5.65. The van der Waals surface area contributed by atoms with Crippen LogP contribution in [0.25, 0.3) is 10.9 Å². The molecule has 0 aliphatic heterocycles. The topological polar surface area (TPSA) is 68.1 Å². The highest BCUT2D eigenvalue weighted by atomic mass is 16.5. The van der Waals surface area contributed by atoms with E-state index in [1.807, 2.05) is 24.4 Å². The zero-order valence-electron chi connectivity index (χ0n) is 9.82. The van der Waals surface area contributed by atoms with Crippen LogP contribution >= 0.6 is 0 Å². The van der Waals surface area contributed by atoms with Gasteiger partial charge in [0, 0.05) is 18.0 Å². The van der Waals surface area contributed by atoms with Crippen molar-refractivity contribution in [3.8, 4) is 5.75 Å². The Labute approximate surface area is 99.8 Å². The highest BCUT2D eigenvalue weighted by molar-refractivity contribution is 6.04. The lowest BCUT2D eigenvalue weighted by atomic mass is 10.0. The van der Waals surface area contributed by atoms with Gasteiger partial charge in [-0.3, -0.25) is 4.79 Å². The molecule has 0 aliphatic carbocycles. The number of methoxy groups -OCH3 is 1. The molecule has 2 rings (SSSR count).